The van der Waals surface area contributed by atoms with Crippen molar-refractivity contribution in [1.29, 1.82) is 0 Å². The SMILES string of the molecule is Cc1nc2cc(CNC(=O)c3ccncc3)ccc2n1C.Cl. The molecular formula is C16H17ClN4O. The van der Waals surface area contributed by atoms with Gasteiger partial charge in [0.05, 0.1) is 11.0 Å². The number of aryl methyl sites for hydroxylation is 2. The van der Waals surface area contributed by atoms with Gasteiger partial charge in [0.15, 0.2) is 0 Å². The number of aromatic nitrogens is 3. The highest BCUT2D eigenvalue weighted by Gasteiger charge is 2.07. The number of hydrogen-bond donors (Lipinski definition) is 1. The fraction of sp³-hybridized carbons (Fsp3) is 0.188. The molecule has 0 aliphatic carbocycles. The van der Waals surface area contributed by atoms with Crippen LogP contribution in [-0.2, 0) is 13.6 Å². The highest BCUT2D eigenvalue weighted by atomic mass is 35.5. The molecule has 0 saturated heterocycles. The van der Waals surface area contributed by atoms with Crippen molar-refractivity contribution < 1.29 is 4.79 Å². The summed E-state index contributed by atoms with van der Waals surface area (Å²) < 4.78 is 2.05. The highest BCUT2D eigenvalue weighted by molar-refractivity contribution is 5.94. The number of hydrogen-bond acceptors (Lipinski definition) is 3. The summed E-state index contributed by atoms with van der Waals surface area (Å²) in [6.45, 7) is 2.46. The van der Waals surface area contributed by atoms with E-state index in [1.54, 1.807) is 24.5 Å². The monoisotopic (exact) mass is 316 g/mol. The summed E-state index contributed by atoms with van der Waals surface area (Å²) in [4.78, 5) is 20.4. The molecule has 0 bridgehead atoms. The summed E-state index contributed by atoms with van der Waals surface area (Å²) >= 11 is 0. The van der Waals surface area contributed by atoms with Crippen LogP contribution in [0, 0.1) is 6.92 Å². The van der Waals surface area contributed by atoms with E-state index in [4.69, 9.17) is 0 Å². The zero-order valence-electron chi connectivity index (χ0n) is 12.4. The largest absolute Gasteiger partial charge is 0.348 e. The van der Waals surface area contributed by atoms with Crippen LogP contribution in [-0.4, -0.2) is 20.4 Å². The lowest BCUT2D eigenvalue weighted by molar-refractivity contribution is 0.0951. The fourth-order valence-corrected chi connectivity index (χ4v) is 2.26. The van der Waals surface area contributed by atoms with Crippen molar-refractivity contribution in [1.82, 2.24) is 19.9 Å². The van der Waals surface area contributed by atoms with Crippen LogP contribution in [0.15, 0.2) is 42.7 Å². The number of pyridine rings is 1. The number of carbonyl (C=O) groups is 1. The first kappa shape index (κ1) is 16.0. The summed E-state index contributed by atoms with van der Waals surface area (Å²) in [5.74, 6) is 0.873. The molecule has 3 rings (SSSR count). The minimum absolute atomic E-state index is 0. The summed E-state index contributed by atoms with van der Waals surface area (Å²) in [6.07, 6.45) is 3.22. The van der Waals surface area contributed by atoms with Crippen LogP contribution >= 0.6 is 12.4 Å². The van der Waals surface area contributed by atoms with Crippen LogP contribution in [0.1, 0.15) is 21.7 Å². The molecule has 5 nitrogen and oxygen atoms in total. The van der Waals surface area contributed by atoms with Crippen LogP contribution in [0.25, 0.3) is 11.0 Å². The van der Waals surface area contributed by atoms with Gasteiger partial charge < -0.3 is 9.88 Å². The van der Waals surface area contributed by atoms with E-state index in [-0.39, 0.29) is 18.3 Å². The molecule has 0 atom stereocenters. The third-order valence-electron chi connectivity index (χ3n) is 3.56. The van der Waals surface area contributed by atoms with E-state index in [0.717, 1.165) is 22.4 Å². The lowest BCUT2D eigenvalue weighted by atomic mass is 10.2. The zero-order valence-corrected chi connectivity index (χ0v) is 13.2. The van der Waals surface area contributed by atoms with E-state index >= 15 is 0 Å². The number of carbonyl (C=O) groups excluding carboxylic acids is 1. The lowest BCUT2D eigenvalue weighted by Crippen LogP contribution is -2.22. The highest BCUT2D eigenvalue weighted by Crippen LogP contribution is 2.16. The maximum Gasteiger partial charge on any atom is 0.251 e. The van der Waals surface area contributed by atoms with Gasteiger partial charge in [0.25, 0.3) is 5.91 Å². The van der Waals surface area contributed by atoms with E-state index in [2.05, 4.69) is 19.9 Å². The second kappa shape index (κ2) is 6.58. The first-order valence-electron chi connectivity index (χ1n) is 6.75. The molecule has 22 heavy (non-hydrogen) atoms. The van der Waals surface area contributed by atoms with E-state index < -0.39 is 0 Å². The van der Waals surface area contributed by atoms with Crippen molar-refractivity contribution in [2.75, 3.05) is 0 Å². The first-order valence-corrected chi connectivity index (χ1v) is 6.75. The Kier molecular flexibility index (Phi) is 4.78. The molecule has 1 aromatic carbocycles. The second-order valence-corrected chi connectivity index (χ2v) is 4.96. The van der Waals surface area contributed by atoms with Gasteiger partial charge in [0, 0.05) is 31.5 Å². The van der Waals surface area contributed by atoms with Crippen molar-refractivity contribution in [2.45, 2.75) is 13.5 Å². The molecule has 2 aromatic heterocycles. The smallest absolute Gasteiger partial charge is 0.251 e. The van der Waals surface area contributed by atoms with E-state index in [0.29, 0.717) is 12.1 Å². The van der Waals surface area contributed by atoms with Crippen LogP contribution in [0.3, 0.4) is 0 Å². The van der Waals surface area contributed by atoms with E-state index in [1.165, 1.54) is 0 Å². The molecule has 0 spiro atoms. The lowest BCUT2D eigenvalue weighted by Gasteiger charge is -2.05. The van der Waals surface area contributed by atoms with Gasteiger partial charge in [-0.2, -0.15) is 0 Å². The molecule has 0 unspecified atom stereocenters. The van der Waals surface area contributed by atoms with Crippen LogP contribution in [0.2, 0.25) is 0 Å². The number of nitrogens with zero attached hydrogens (tertiary/aromatic N) is 3. The van der Waals surface area contributed by atoms with Gasteiger partial charge in [0.1, 0.15) is 5.82 Å². The predicted molar refractivity (Wildman–Crippen MR) is 88.1 cm³/mol. The van der Waals surface area contributed by atoms with Crippen LogP contribution in [0.5, 0.6) is 0 Å². The number of amides is 1. The fourth-order valence-electron chi connectivity index (χ4n) is 2.26. The van der Waals surface area contributed by atoms with Gasteiger partial charge in [0.2, 0.25) is 0 Å². The Hall–Kier alpha value is -2.40. The maximum absolute atomic E-state index is 12.0. The van der Waals surface area contributed by atoms with Gasteiger partial charge in [-0.15, -0.1) is 12.4 Å². The van der Waals surface area contributed by atoms with Gasteiger partial charge in [-0.3, -0.25) is 9.78 Å². The molecule has 6 heteroatoms. The van der Waals surface area contributed by atoms with Crippen LogP contribution in [0.4, 0.5) is 0 Å². The molecule has 0 saturated carbocycles. The Labute approximate surface area is 134 Å². The van der Waals surface area contributed by atoms with Crippen molar-refractivity contribution in [2.24, 2.45) is 7.05 Å². The Morgan fingerprint density at radius 2 is 1.95 bits per heavy atom. The molecular weight excluding hydrogens is 300 g/mol. The average Bonchev–Trinajstić information content (AvgIpc) is 2.80. The Morgan fingerprint density at radius 3 is 2.68 bits per heavy atom. The third-order valence-corrected chi connectivity index (χ3v) is 3.56. The van der Waals surface area contributed by atoms with Crippen molar-refractivity contribution >= 4 is 29.3 Å². The third kappa shape index (κ3) is 3.09. The molecule has 1 amide bonds. The average molecular weight is 317 g/mol. The first-order chi connectivity index (χ1) is 10.1. The number of rotatable bonds is 3. The zero-order chi connectivity index (χ0) is 14.8. The molecule has 0 radical (unpaired) electrons. The number of fused-ring (bicyclic) bond motifs is 1. The molecule has 1 N–H and O–H groups in total. The summed E-state index contributed by atoms with van der Waals surface area (Å²) in [7, 11) is 2.00. The minimum atomic E-state index is -0.102. The number of nitrogens with one attached hydrogen (secondary N) is 1. The van der Waals surface area contributed by atoms with Crippen molar-refractivity contribution in [3.63, 3.8) is 0 Å². The minimum Gasteiger partial charge on any atom is -0.348 e. The molecule has 3 aromatic rings. The second-order valence-electron chi connectivity index (χ2n) is 4.96. The Balaban J connectivity index is 0.00000176. The maximum atomic E-state index is 12.0. The molecule has 114 valence electrons. The molecule has 0 aliphatic heterocycles. The number of benzene rings is 1. The van der Waals surface area contributed by atoms with Gasteiger partial charge in [-0.1, -0.05) is 6.07 Å². The summed E-state index contributed by atoms with van der Waals surface area (Å²) in [5.41, 5.74) is 3.69. The standard InChI is InChI=1S/C16H16N4O.ClH/c1-11-19-14-9-12(3-4-15(14)20(11)2)10-18-16(21)13-5-7-17-8-6-13;/h3-9H,10H2,1-2H3,(H,18,21);1H. The number of halogens is 1. The van der Waals surface area contributed by atoms with Gasteiger partial charge in [-0.05, 0) is 36.8 Å². The van der Waals surface area contributed by atoms with E-state index in [9.17, 15) is 4.79 Å². The summed E-state index contributed by atoms with van der Waals surface area (Å²) in [6, 6.07) is 9.44. The predicted octanol–water partition coefficient (Wildman–Crippen LogP) is 2.63. The van der Waals surface area contributed by atoms with Gasteiger partial charge in [-0.25, -0.2) is 4.98 Å². The van der Waals surface area contributed by atoms with Crippen molar-refractivity contribution in [3.8, 4) is 0 Å². The Morgan fingerprint density at radius 1 is 1.23 bits per heavy atom. The molecule has 0 aliphatic rings. The van der Waals surface area contributed by atoms with Gasteiger partial charge >= 0.3 is 0 Å². The summed E-state index contributed by atoms with van der Waals surface area (Å²) in [5, 5.41) is 2.90. The quantitative estimate of drug-likeness (QED) is 0.808. The molecule has 0 fully saturated rings. The number of imidazole rings is 1. The van der Waals surface area contributed by atoms with Crippen LogP contribution < -0.4 is 5.32 Å². The Bertz CT molecular complexity index is 799. The normalized spacial score (nSPS) is 10.3. The van der Waals surface area contributed by atoms with Crippen molar-refractivity contribution in [3.05, 3.63) is 59.7 Å². The van der Waals surface area contributed by atoms with E-state index in [1.807, 2.05) is 32.2 Å². The molecule has 2 heterocycles. The topological polar surface area (TPSA) is 59.8 Å².